The van der Waals surface area contributed by atoms with E-state index in [9.17, 15) is 4.79 Å². The van der Waals surface area contributed by atoms with Crippen LogP contribution in [-0.4, -0.2) is 11.6 Å². The molecule has 1 aromatic carbocycles. The molecule has 0 heterocycles. The summed E-state index contributed by atoms with van der Waals surface area (Å²) in [7, 11) is 0. The average molecular weight is 235 g/mol. The van der Waals surface area contributed by atoms with Gasteiger partial charge in [0.25, 0.3) is 0 Å². The predicted molar refractivity (Wildman–Crippen MR) is 69.7 cm³/mol. The average Bonchev–Trinajstić information content (AvgIpc) is 2.15. The van der Waals surface area contributed by atoms with Crippen molar-refractivity contribution in [2.75, 3.05) is 5.73 Å². The molecule has 0 aliphatic carbocycles. The summed E-state index contributed by atoms with van der Waals surface area (Å²) in [5.74, 6) is -0.0210. The maximum atomic E-state index is 11.7. The van der Waals surface area contributed by atoms with Gasteiger partial charge in [-0.1, -0.05) is 19.1 Å². The van der Waals surface area contributed by atoms with Crippen LogP contribution in [0.25, 0.3) is 0 Å². The van der Waals surface area contributed by atoms with Gasteiger partial charge in [0.15, 0.2) is 0 Å². The molecule has 0 aliphatic rings. The van der Waals surface area contributed by atoms with Gasteiger partial charge in [0, 0.05) is 5.69 Å². The topological polar surface area (TPSA) is 52.3 Å². The Bertz CT molecular complexity index is 376. The zero-order valence-electron chi connectivity index (χ0n) is 11.0. The fourth-order valence-corrected chi connectivity index (χ4v) is 1.58. The van der Waals surface area contributed by atoms with E-state index >= 15 is 0 Å². The zero-order chi connectivity index (χ0) is 13.1. The van der Waals surface area contributed by atoms with Gasteiger partial charge in [0.2, 0.25) is 0 Å². The maximum absolute atomic E-state index is 11.7. The number of nitrogen functional groups attached to an aromatic ring is 1. The van der Waals surface area contributed by atoms with Gasteiger partial charge in [0.1, 0.15) is 5.60 Å². The van der Waals surface area contributed by atoms with Crippen molar-refractivity contribution in [2.24, 2.45) is 0 Å². The van der Waals surface area contributed by atoms with Crippen LogP contribution < -0.4 is 5.73 Å². The Kier molecular flexibility index (Phi) is 4.16. The van der Waals surface area contributed by atoms with E-state index in [4.69, 9.17) is 10.5 Å². The molecule has 3 nitrogen and oxygen atoms in total. The second-order valence-corrected chi connectivity index (χ2v) is 5.36. The third kappa shape index (κ3) is 4.89. The molecular formula is C14H21NO2. The summed E-state index contributed by atoms with van der Waals surface area (Å²) >= 11 is 0. The van der Waals surface area contributed by atoms with Crippen molar-refractivity contribution < 1.29 is 9.53 Å². The molecule has 0 aromatic heterocycles. The van der Waals surface area contributed by atoms with Gasteiger partial charge in [0.05, 0.1) is 6.42 Å². The van der Waals surface area contributed by atoms with Gasteiger partial charge in [-0.3, -0.25) is 4.79 Å². The predicted octanol–water partition coefficient (Wildman–Crippen LogP) is 3.10. The number of ether oxygens (including phenoxy) is 1. The Hall–Kier alpha value is -1.51. The van der Waals surface area contributed by atoms with Gasteiger partial charge in [-0.25, -0.2) is 0 Å². The van der Waals surface area contributed by atoms with E-state index in [0.717, 1.165) is 11.3 Å². The number of rotatable bonds is 3. The van der Waals surface area contributed by atoms with E-state index in [-0.39, 0.29) is 11.9 Å². The lowest BCUT2D eigenvalue weighted by Crippen LogP contribution is -2.24. The monoisotopic (exact) mass is 235 g/mol. The van der Waals surface area contributed by atoms with Crippen LogP contribution in [0.2, 0.25) is 0 Å². The first kappa shape index (κ1) is 13.6. The lowest BCUT2D eigenvalue weighted by atomic mass is 9.97. The van der Waals surface area contributed by atoms with E-state index in [1.165, 1.54) is 0 Å². The van der Waals surface area contributed by atoms with Crippen molar-refractivity contribution in [3.05, 3.63) is 29.8 Å². The van der Waals surface area contributed by atoms with Gasteiger partial charge in [-0.05, 0) is 44.4 Å². The fourth-order valence-electron chi connectivity index (χ4n) is 1.58. The van der Waals surface area contributed by atoms with Crippen LogP contribution in [0.3, 0.4) is 0 Å². The van der Waals surface area contributed by atoms with Crippen molar-refractivity contribution in [3.8, 4) is 0 Å². The highest BCUT2D eigenvalue weighted by molar-refractivity contribution is 5.71. The van der Waals surface area contributed by atoms with Crippen LogP contribution in [0.15, 0.2) is 24.3 Å². The van der Waals surface area contributed by atoms with E-state index in [1.807, 2.05) is 52.0 Å². The quantitative estimate of drug-likeness (QED) is 0.647. The van der Waals surface area contributed by atoms with Crippen LogP contribution in [0.4, 0.5) is 5.69 Å². The minimum absolute atomic E-state index is 0.144. The molecule has 0 radical (unpaired) electrons. The van der Waals surface area contributed by atoms with Gasteiger partial charge >= 0.3 is 5.97 Å². The smallest absolute Gasteiger partial charge is 0.306 e. The number of esters is 1. The minimum Gasteiger partial charge on any atom is -0.460 e. The molecule has 94 valence electrons. The number of hydrogen-bond donors (Lipinski definition) is 1. The molecule has 1 rings (SSSR count). The highest BCUT2D eigenvalue weighted by Gasteiger charge is 2.18. The molecule has 0 fully saturated rings. The Morgan fingerprint density at radius 3 is 2.29 bits per heavy atom. The minimum atomic E-state index is -0.419. The molecule has 3 heteroatoms. The van der Waals surface area contributed by atoms with Crippen molar-refractivity contribution >= 4 is 11.7 Å². The van der Waals surface area contributed by atoms with E-state index in [0.29, 0.717) is 6.42 Å². The first-order valence-electron chi connectivity index (χ1n) is 5.85. The summed E-state index contributed by atoms with van der Waals surface area (Å²) in [6.45, 7) is 7.63. The zero-order valence-corrected chi connectivity index (χ0v) is 11.0. The van der Waals surface area contributed by atoms with Crippen LogP contribution in [-0.2, 0) is 9.53 Å². The van der Waals surface area contributed by atoms with Crippen LogP contribution in [0, 0.1) is 0 Å². The van der Waals surface area contributed by atoms with E-state index in [2.05, 4.69) is 0 Å². The third-order valence-electron chi connectivity index (χ3n) is 2.40. The molecule has 0 saturated carbocycles. The molecular weight excluding hydrogens is 214 g/mol. The van der Waals surface area contributed by atoms with Crippen LogP contribution in [0.1, 0.15) is 45.6 Å². The summed E-state index contributed by atoms with van der Waals surface area (Å²) < 4.78 is 5.29. The summed E-state index contributed by atoms with van der Waals surface area (Å²) in [6, 6.07) is 7.59. The highest BCUT2D eigenvalue weighted by atomic mass is 16.6. The molecule has 1 atom stereocenters. The van der Waals surface area contributed by atoms with Crippen LogP contribution >= 0.6 is 0 Å². The Labute approximate surface area is 103 Å². The van der Waals surface area contributed by atoms with Crippen molar-refractivity contribution in [1.82, 2.24) is 0 Å². The maximum Gasteiger partial charge on any atom is 0.306 e. The summed E-state index contributed by atoms with van der Waals surface area (Å²) in [4.78, 5) is 11.7. The number of carbonyl (C=O) groups excluding carboxylic acids is 1. The van der Waals surface area contributed by atoms with E-state index in [1.54, 1.807) is 0 Å². The standard InChI is InChI=1S/C14H21NO2/c1-10(9-13(16)17-14(2,3)4)11-5-7-12(15)8-6-11/h5-8,10H,9,15H2,1-4H3. The molecule has 0 amide bonds. The summed E-state index contributed by atoms with van der Waals surface area (Å²) in [6.07, 6.45) is 0.390. The molecule has 0 bridgehead atoms. The SMILES string of the molecule is CC(CC(=O)OC(C)(C)C)c1ccc(N)cc1. The molecule has 2 N–H and O–H groups in total. The molecule has 1 unspecified atom stereocenters. The van der Waals surface area contributed by atoms with Crippen molar-refractivity contribution in [3.63, 3.8) is 0 Å². The summed E-state index contributed by atoms with van der Waals surface area (Å²) in [5, 5.41) is 0. The normalized spacial score (nSPS) is 13.2. The Morgan fingerprint density at radius 1 is 1.29 bits per heavy atom. The molecule has 1 aromatic rings. The number of anilines is 1. The van der Waals surface area contributed by atoms with Crippen molar-refractivity contribution in [1.29, 1.82) is 0 Å². The first-order chi connectivity index (χ1) is 7.78. The highest BCUT2D eigenvalue weighted by Crippen LogP contribution is 2.21. The largest absolute Gasteiger partial charge is 0.460 e. The molecule has 0 aliphatic heterocycles. The van der Waals surface area contributed by atoms with E-state index < -0.39 is 5.60 Å². The molecule has 0 spiro atoms. The summed E-state index contributed by atoms with van der Waals surface area (Å²) in [5.41, 5.74) is 7.04. The number of carbonyl (C=O) groups is 1. The van der Waals surface area contributed by atoms with Gasteiger partial charge < -0.3 is 10.5 Å². The number of nitrogens with two attached hydrogens (primary N) is 1. The second kappa shape index (κ2) is 5.21. The van der Waals surface area contributed by atoms with Gasteiger partial charge in [-0.15, -0.1) is 0 Å². The molecule has 17 heavy (non-hydrogen) atoms. The second-order valence-electron chi connectivity index (χ2n) is 5.36. The van der Waals surface area contributed by atoms with Gasteiger partial charge in [-0.2, -0.15) is 0 Å². The third-order valence-corrected chi connectivity index (χ3v) is 2.40. The van der Waals surface area contributed by atoms with Crippen molar-refractivity contribution in [2.45, 2.75) is 45.6 Å². The van der Waals surface area contributed by atoms with Crippen LogP contribution in [0.5, 0.6) is 0 Å². The molecule has 0 saturated heterocycles. The lowest BCUT2D eigenvalue weighted by Gasteiger charge is -2.21. The Balaban J connectivity index is 2.57. The first-order valence-corrected chi connectivity index (χ1v) is 5.85. The number of benzene rings is 1. The fraction of sp³-hybridized carbons (Fsp3) is 0.500. The lowest BCUT2D eigenvalue weighted by molar-refractivity contribution is -0.155. The Morgan fingerprint density at radius 2 is 1.82 bits per heavy atom. The number of hydrogen-bond acceptors (Lipinski definition) is 3.